The van der Waals surface area contributed by atoms with E-state index in [-0.39, 0.29) is 22.7 Å². The fourth-order valence-corrected chi connectivity index (χ4v) is 2.57. The number of ether oxygens (including phenoxy) is 1. The zero-order valence-corrected chi connectivity index (χ0v) is 15.6. The first kappa shape index (κ1) is 21.7. The molecule has 0 fully saturated rings. The Morgan fingerprint density at radius 2 is 2.08 bits per heavy atom. The van der Waals surface area contributed by atoms with E-state index < -0.39 is 34.9 Å². The largest absolute Gasteiger partial charge is 0.451 e. The van der Waals surface area contributed by atoms with E-state index >= 15 is 0 Å². The normalized spacial score (nSPS) is 12.7. The number of nitrogens with one attached hydrogen (secondary N) is 1. The van der Waals surface area contributed by atoms with Crippen LogP contribution in [0, 0.1) is 10.1 Å². The lowest BCUT2D eigenvalue weighted by Crippen LogP contribution is -2.44. The highest BCUT2D eigenvalue weighted by molar-refractivity contribution is 7.98. The van der Waals surface area contributed by atoms with Crippen molar-refractivity contribution < 1.29 is 24.0 Å². The first-order chi connectivity index (χ1) is 12.2. The molecule has 0 bridgehead atoms. The van der Waals surface area contributed by atoms with E-state index in [9.17, 15) is 24.5 Å². The number of nitro benzene ring substituents is 1. The number of nitrogens with two attached hydrogens (primary N) is 1. The highest BCUT2D eigenvalue weighted by atomic mass is 35.5. The summed E-state index contributed by atoms with van der Waals surface area (Å²) in [6.45, 7) is 1.32. The third-order valence-electron chi connectivity index (χ3n) is 3.30. The van der Waals surface area contributed by atoms with Crippen LogP contribution in [0.25, 0.3) is 0 Å². The number of rotatable bonds is 9. The molecule has 0 unspecified atom stereocenters. The number of benzene rings is 1. The number of carbonyl (C=O) groups excluding carboxylic acids is 3. The van der Waals surface area contributed by atoms with Gasteiger partial charge in [0.1, 0.15) is 6.04 Å². The van der Waals surface area contributed by atoms with E-state index in [0.717, 1.165) is 12.1 Å². The van der Waals surface area contributed by atoms with Crippen molar-refractivity contribution in [3.05, 3.63) is 38.9 Å². The number of carbonyl (C=O) groups is 3. The molecule has 0 aliphatic carbocycles. The van der Waals surface area contributed by atoms with Gasteiger partial charge in [-0.2, -0.15) is 11.8 Å². The zero-order chi connectivity index (χ0) is 19.9. The van der Waals surface area contributed by atoms with E-state index in [2.05, 4.69) is 5.32 Å². The van der Waals surface area contributed by atoms with Crippen LogP contribution in [-0.2, 0) is 14.3 Å². The number of nitro groups is 1. The quantitative estimate of drug-likeness (QED) is 0.361. The summed E-state index contributed by atoms with van der Waals surface area (Å²) in [4.78, 5) is 45.7. The molecule has 1 rings (SSSR count). The van der Waals surface area contributed by atoms with E-state index in [1.54, 1.807) is 0 Å². The van der Waals surface area contributed by atoms with Crippen LogP contribution in [0.3, 0.4) is 0 Å². The molecule has 0 heterocycles. The maximum Gasteiger partial charge on any atom is 0.329 e. The van der Waals surface area contributed by atoms with Crippen LogP contribution in [0.1, 0.15) is 23.7 Å². The predicted molar refractivity (Wildman–Crippen MR) is 97.1 cm³/mol. The smallest absolute Gasteiger partial charge is 0.329 e. The first-order valence-corrected chi connectivity index (χ1v) is 9.18. The summed E-state index contributed by atoms with van der Waals surface area (Å²) in [7, 11) is 0. The van der Waals surface area contributed by atoms with Crippen molar-refractivity contribution in [2.45, 2.75) is 25.5 Å². The van der Waals surface area contributed by atoms with Crippen molar-refractivity contribution in [1.82, 2.24) is 5.32 Å². The molecule has 1 aromatic carbocycles. The molecule has 2 amide bonds. The van der Waals surface area contributed by atoms with Gasteiger partial charge in [-0.15, -0.1) is 0 Å². The van der Waals surface area contributed by atoms with Crippen LogP contribution in [0.4, 0.5) is 5.69 Å². The molecule has 142 valence electrons. The first-order valence-electron chi connectivity index (χ1n) is 7.41. The molecular weight excluding hydrogens is 386 g/mol. The third kappa shape index (κ3) is 6.19. The molecule has 0 saturated heterocycles. The van der Waals surface area contributed by atoms with Crippen LogP contribution in [0.5, 0.6) is 0 Å². The van der Waals surface area contributed by atoms with E-state index in [4.69, 9.17) is 22.1 Å². The number of amides is 2. The molecule has 11 heteroatoms. The lowest BCUT2D eigenvalue weighted by molar-refractivity contribution is -0.384. The second-order valence-electron chi connectivity index (χ2n) is 5.21. The second kappa shape index (κ2) is 9.97. The topological polar surface area (TPSA) is 142 Å². The summed E-state index contributed by atoms with van der Waals surface area (Å²) in [5, 5.41) is 13.1. The van der Waals surface area contributed by atoms with Crippen molar-refractivity contribution >= 4 is 46.8 Å². The number of non-ortho nitro benzene ring substituents is 1. The highest BCUT2D eigenvalue weighted by Crippen LogP contribution is 2.22. The van der Waals surface area contributed by atoms with E-state index in [1.807, 2.05) is 6.26 Å². The van der Waals surface area contributed by atoms with Gasteiger partial charge < -0.3 is 15.8 Å². The number of thioether (sulfide) groups is 1. The minimum absolute atomic E-state index is 0.0258. The Hall–Kier alpha value is -2.33. The average molecular weight is 404 g/mol. The van der Waals surface area contributed by atoms with Crippen LogP contribution in [0.2, 0.25) is 5.02 Å². The number of halogens is 1. The summed E-state index contributed by atoms with van der Waals surface area (Å²) in [6.07, 6.45) is 0.935. The third-order valence-corrected chi connectivity index (χ3v) is 4.26. The fourth-order valence-electron chi connectivity index (χ4n) is 1.84. The summed E-state index contributed by atoms with van der Waals surface area (Å²) < 4.78 is 4.93. The number of hydrogen-bond donors (Lipinski definition) is 2. The van der Waals surface area contributed by atoms with Crippen molar-refractivity contribution in [3.8, 4) is 0 Å². The SMILES string of the molecule is CSCC[C@H](NC(=O)c1ccc([N+](=O)[O-])cc1Cl)C(=O)O[C@@H](C)C(N)=O. The van der Waals surface area contributed by atoms with Gasteiger partial charge in [-0.3, -0.25) is 19.7 Å². The van der Waals surface area contributed by atoms with Crippen molar-refractivity contribution in [1.29, 1.82) is 0 Å². The van der Waals surface area contributed by atoms with E-state index in [0.29, 0.717) is 5.75 Å². The maximum absolute atomic E-state index is 12.4. The minimum atomic E-state index is -1.14. The van der Waals surface area contributed by atoms with Gasteiger partial charge in [0.2, 0.25) is 0 Å². The molecule has 0 spiro atoms. The molecule has 1 aromatic rings. The van der Waals surface area contributed by atoms with Crippen LogP contribution in [-0.4, -0.2) is 46.9 Å². The van der Waals surface area contributed by atoms with Crippen molar-refractivity contribution in [2.24, 2.45) is 5.73 Å². The number of primary amides is 1. The Balaban J connectivity index is 2.93. The molecule has 0 aliphatic rings. The molecule has 3 N–H and O–H groups in total. The Morgan fingerprint density at radius 1 is 1.42 bits per heavy atom. The Kier molecular flexibility index (Phi) is 8.33. The molecular formula is C15H18ClN3O6S. The van der Waals surface area contributed by atoms with Gasteiger partial charge in [0, 0.05) is 12.1 Å². The van der Waals surface area contributed by atoms with Gasteiger partial charge in [0.15, 0.2) is 6.10 Å². The Morgan fingerprint density at radius 3 is 2.58 bits per heavy atom. The standard InChI is InChI=1S/C15H18ClN3O6S/c1-8(13(17)20)25-15(22)12(5-6-26-2)18-14(21)10-4-3-9(19(23)24)7-11(10)16/h3-4,7-8,12H,5-6H2,1-2H3,(H2,17,20)(H,18,21)/t8-,12-/m0/s1. The molecule has 0 saturated carbocycles. The van der Waals surface area contributed by atoms with Gasteiger partial charge in [-0.1, -0.05) is 11.6 Å². The highest BCUT2D eigenvalue weighted by Gasteiger charge is 2.26. The van der Waals surface area contributed by atoms with Gasteiger partial charge >= 0.3 is 5.97 Å². The van der Waals surface area contributed by atoms with Gasteiger partial charge in [-0.25, -0.2) is 4.79 Å². The van der Waals surface area contributed by atoms with Crippen LogP contribution in [0.15, 0.2) is 18.2 Å². The van der Waals surface area contributed by atoms with Crippen molar-refractivity contribution in [3.63, 3.8) is 0 Å². The molecule has 9 nitrogen and oxygen atoms in total. The van der Waals surface area contributed by atoms with Gasteiger partial charge in [0.05, 0.1) is 15.5 Å². The van der Waals surface area contributed by atoms with Crippen LogP contribution >= 0.6 is 23.4 Å². The Labute approximate surface area is 158 Å². The average Bonchev–Trinajstić information content (AvgIpc) is 2.57. The number of hydrogen-bond acceptors (Lipinski definition) is 7. The predicted octanol–water partition coefficient (Wildman–Crippen LogP) is 1.52. The summed E-state index contributed by atoms with van der Waals surface area (Å²) in [5.41, 5.74) is 4.77. The molecule has 0 aliphatic heterocycles. The monoisotopic (exact) mass is 403 g/mol. The second-order valence-corrected chi connectivity index (χ2v) is 6.60. The minimum Gasteiger partial charge on any atom is -0.451 e. The lowest BCUT2D eigenvalue weighted by Gasteiger charge is -2.19. The summed E-state index contributed by atoms with van der Waals surface area (Å²) in [6, 6.07) is 2.34. The summed E-state index contributed by atoms with van der Waals surface area (Å²) >= 11 is 7.37. The molecule has 0 radical (unpaired) electrons. The number of nitrogens with zero attached hydrogens (tertiary/aromatic N) is 1. The maximum atomic E-state index is 12.4. The van der Waals surface area contributed by atoms with Gasteiger partial charge in [-0.05, 0) is 31.4 Å². The zero-order valence-electron chi connectivity index (χ0n) is 14.1. The number of esters is 1. The Bertz CT molecular complexity index is 715. The molecule has 26 heavy (non-hydrogen) atoms. The fraction of sp³-hybridized carbons (Fsp3) is 0.400. The van der Waals surface area contributed by atoms with Crippen LogP contribution < -0.4 is 11.1 Å². The van der Waals surface area contributed by atoms with Crippen molar-refractivity contribution in [2.75, 3.05) is 12.0 Å². The summed E-state index contributed by atoms with van der Waals surface area (Å²) in [5.74, 6) is -1.78. The molecule has 0 aromatic heterocycles. The van der Waals surface area contributed by atoms with E-state index in [1.165, 1.54) is 24.8 Å². The van der Waals surface area contributed by atoms with Gasteiger partial charge in [0.25, 0.3) is 17.5 Å². The lowest BCUT2D eigenvalue weighted by atomic mass is 10.1. The molecule has 2 atom stereocenters.